The first kappa shape index (κ1) is 12.8. The summed E-state index contributed by atoms with van der Waals surface area (Å²) in [5, 5.41) is 18.6. The number of hydrogen-bond acceptors (Lipinski definition) is 4. The second kappa shape index (κ2) is 6.35. The van der Waals surface area contributed by atoms with Crippen molar-refractivity contribution in [3.05, 3.63) is 0 Å². The summed E-state index contributed by atoms with van der Waals surface area (Å²) in [6.07, 6.45) is 0.732. The van der Waals surface area contributed by atoms with Crippen LogP contribution in [0.2, 0.25) is 0 Å². The van der Waals surface area contributed by atoms with Crippen LogP contribution >= 0.6 is 11.8 Å². The summed E-state index contributed by atoms with van der Waals surface area (Å²) >= 11 is 1.62. The van der Waals surface area contributed by atoms with Gasteiger partial charge in [0.15, 0.2) is 0 Å². The average Bonchev–Trinajstić information content (AvgIpc) is 2.54. The summed E-state index contributed by atoms with van der Waals surface area (Å²) in [5.74, 6) is 1.48. The van der Waals surface area contributed by atoms with E-state index in [4.69, 9.17) is 0 Å². The highest BCUT2D eigenvalue weighted by Crippen LogP contribution is 2.13. The first-order valence-electron chi connectivity index (χ1n) is 5.36. The van der Waals surface area contributed by atoms with Gasteiger partial charge in [0.2, 0.25) is 5.91 Å². The zero-order chi connectivity index (χ0) is 11.3. The molecule has 2 unspecified atom stereocenters. The predicted molar refractivity (Wildman–Crippen MR) is 60.8 cm³/mol. The van der Waals surface area contributed by atoms with Gasteiger partial charge in [0.25, 0.3) is 0 Å². The summed E-state index contributed by atoms with van der Waals surface area (Å²) in [6.45, 7) is 2.66. The van der Waals surface area contributed by atoms with E-state index in [2.05, 4.69) is 6.92 Å². The van der Waals surface area contributed by atoms with Crippen LogP contribution in [0.1, 0.15) is 19.8 Å². The largest absolute Gasteiger partial charge is 0.388 e. The molecule has 2 N–H and O–H groups in total. The lowest BCUT2D eigenvalue weighted by molar-refractivity contribution is -0.127. The second-order valence-electron chi connectivity index (χ2n) is 3.84. The van der Waals surface area contributed by atoms with Crippen molar-refractivity contribution in [2.24, 2.45) is 0 Å². The highest BCUT2D eigenvalue weighted by molar-refractivity contribution is 7.99. The maximum absolute atomic E-state index is 11.6. The highest BCUT2D eigenvalue weighted by Gasteiger charge is 2.31. The quantitative estimate of drug-likeness (QED) is 0.660. The Hall–Kier alpha value is -0.260. The van der Waals surface area contributed by atoms with E-state index >= 15 is 0 Å². The molecule has 0 saturated carbocycles. The molecule has 5 heteroatoms. The van der Waals surface area contributed by atoms with Crippen molar-refractivity contribution >= 4 is 17.7 Å². The van der Waals surface area contributed by atoms with Gasteiger partial charge >= 0.3 is 0 Å². The van der Waals surface area contributed by atoms with Gasteiger partial charge in [-0.05, 0) is 12.2 Å². The molecule has 15 heavy (non-hydrogen) atoms. The van der Waals surface area contributed by atoms with Gasteiger partial charge in [-0.1, -0.05) is 13.3 Å². The zero-order valence-corrected chi connectivity index (χ0v) is 9.87. The van der Waals surface area contributed by atoms with Crippen molar-refractivity contribution in [3.8, 4) is 0 Å². The number of likely N-dealkylation sites (tertiary alicyclic amines) is 1. The first-order valence-corrected chi connectivity index (χ1v) is 6.52. The predicted octanol–water partition coefficient (Wildman–Crippen LogP) is 0.0837. The number of carbonyl (C=O) groups is 1. The van der Waals surface area contributed by atoms with Crippen LogP contribution < -0.4 is 0 Å². The molecule has 0 spiro atoms. The van der Waals surface area contributed by atoms with Gasteiger partial charge in [-0.3, -0.25) is 4.79 Å². The number of unbranched alkanes of at least 4 members (excludes halogenated alkanes) is 1. The van der Waals surface area contributed by atoms with Crippen molar-refractivity contribution in [1.82, 2.24) is 4.90 Å². The molecule has 2 atom stereocenters. The molecule has 1 fully saturated rings. The molecule has 1 saturated heterocycles. The van der Waals surface area contributed by atoms with E-state index in [0.717, 1.165) is 18.6 Å². The Kier molecular flexibility index (Phi) is 5.42. The number of carbonyl (C=O) groups excluding carboxylic acids is 1. The van der Waals surface area contributed by atoms with Crippen molar-refractivity contribution in [1.29, 1.82) is 0 Å². The fourth-order valence-electron chi connectivity index (χ4n) is 1.47. The van der Waals surface area contributed by atoms with Crippen LogP contribution in [-0.2, 0) is 4.79 Å². The highest BCUT2D eigenvalue weighted by atomic mass is 32.2. The van der Waals surface area contributed by atoms with Gasteiger partial charge in [-0.2, -0.15) is 11.8 Å². The van der Waals surface area contributed by atoms with E-state index < -0.39 is 12.2 Å². The molecule has 1 heterocycles. The third kappa shape index (κ3) is 4.01. The van der Waals surface area contributed by atoms with Crippen molar-refractivity contribution in [2.75, 3.05) is 24.6 Å². The van der Waals surface area contributed by atoms with E-state index in [0.29, 0.717) is 5.75 Å². The fraction of sp³-hybridized carbons (Fsp3) is 0.900. The molecule has 0 aliphatic carbocycles. The molecule has 88 valence electrons. The Labute approximate surface area is 94.7 Å². The molecule has 1 rings (SSSR count). The molecule has 0 aromatic carbocycles. The molecule has 4 nitrogen and oxygen atoms in total. The molecule has 0 radical (unpaired) electrons. The van der Waals surface area contributed by atoms with Gasteiger partial charge < -0.3 is 15.1 Å². The number of β-amino-alcohol motifs (C(OH)–C–C–N with tert-alkyl or cyclic N) is 2. The molecule has 0 aromatic heterocycles. The van der Waals surface area contributed by atoms with Crippen LogP contribution in [0.25, 0.3) is 0 Å². The topological polar surface area (TPSA) is 60.8 Å². The Morgan fingerprint density at radius 1 is 1.40 bits per heavy atom. The number of amides is 1. The lowest BCUT2D eigenvalue weighted by Crippen LogP contribution is -2.31. The van der Waals surface area contributed by atoms with Crippen LogP contribution in [0, 0.1) is 0 Å². The lowest BCUT2D eigenvalue weighted by Gasteiger charge is -2.14. The van der Waals surface area contributed by atoms with Gasteiger partial charge in [0.1, 0.15) is 0 Å². The third-order valence-corrected chi connectivity index (χ3v) is 3.51. The van der Waals surface area contributed by atoms with Gasteiger partial charge in [0.05, 0.1) is 18.0 Å². The smallest absolute Gasteiger partial charge is 0.232 e. The SMILES string of the molecule is CCCCSCC(=O)N1CC(O)C(O)C1. The lowest BCUT2D eigenvalue weighted by atomic mass is 10.3. The number of rotatable bonds is 5. The van der Waals surface area contributed by atoms with Crippen molar-refractivity contribution in [3.63, 3.8) is 0 Å². The van der Waals surface area contributed by atoms with Crippen molar-refractivity contribution in [2.45, 2.75) is 32.0 Å². The molecule has 1 aliphatic rings. The standard InChI is InChI=1S/C10H19NO3S/c1-2-3-4-15-7-10(14)11-5-8(12)9(13)6-11/h8-9,12-13H,2-7H2,1H3. The third-order valence-electron chi connectivity index (χ3n) is 2.48. The minimum Gasteiger partial charge on any atom is -0.388 e. The Balaban J connectivity index is 2.18. The number of aliphatic hydroxyl groups excluding tert-OH is 2. The second-order valence-corrected chi connectivity index (χ2v) is 4.94. The van der Waals surface area contributed by atoms with E-state index in [1.165, 1.54) is 4.90 Å². The summed E-state index contributed by atoms with van der Waals surface area (Å²) in [6, 6.07) is 0. The van der Waals surface area contributed by atoms with E-state index in [-0.39, 0.29) is 19.0 Å². The number of nitrogens with zero attached hydrogens (tertiary/aromatic N) is 1. The van der Waals surface area contributed by atoms with Crippen molar-refractivity contribution < 1.29 is 15.0 Å². The Morgan fingerprint density at radius 3 is 2.53 bits per heavy atom. The number of hydrogen-bond donors (Lipinski definition) is 2. The monoisotopic (exact) mass is 233 g/mol. The van der Waals surface area contributed by atoms with Gasteiger partial charge in [-0.15, -0.1) is 0 Å². The van der Waals surface area contributed by atoms with Crippen LogP contribution in [0.3, 0.4) is 0 Å². The van der Waals surface area contributed by atoms with Crippen LogP contribution in [0.15, 0.2) is 0 Å². The zero-order valence-electron chi connectivity index (χ0n) is 9.06. The summed E-state index contributed by atoms with van der Waals surface area (Å²) in [4.78, 5) is 13.1. The minimum absolute atomic E-state index is 0.0201. The number of thioether (sulfide) groups is 1. The van der Waals surface area contributed by atoms with E-state index in [1.807, 2.05) is 0 Å². The fourth-order valence-corrected chi connectivity index (χ4v) is 2.46. The van der Waals surface area contributed by atoms with E-state index in [9.17, 15) is 15.0 Å². The summed E-state index contributed by atoms with van der Waals surface area (Å²) in [5.41, 5.74) is 0. The van der Waals surface area contributed by atoms with Gasteiger partial charge in [0, 0.05) is 13.1 Å². The molecular weight excluding hydrogens is 214 g/mol. The molecular formula is C10H19NO3S. The average molecular weight is 233 g/mol. The maximum Gasteiger partial charge on any atom is 0.232 e. The van der Waals surface area contributed by atoms with Crippen LogP contribution in [-0.4, -0.2) is 57.8 Å². The van der Waals surface area contributed by atoms with Crippen LogP contribution in [0.4, 0.5) is 0 Å². The summed E-state index contributed by atoms with van der Waals surface area (Å²) in [7, 11) is 0. The Morgan fingerprint density at radius 2 is 2.00 bits per heavy atom. The first-order chi connectivity index (χ1) is 7.15. The van der Waals surface area contributed by atoms with Gasteiger partial charge in [-0.25, -0.2) is 0 Å². The van der Waals surface area contributed by atoms with Crippen LogP contribution in [0.5, 0.6) is 0 Å². The molecule has 0 bridgehead atoms. The molecule has 0 aromatic rings. The molecule has 1 amide bonds. The number of aliphatic hydroxyl groups is 2. The normalized spacial score (nSPS) is 25.9. The van der Waals surface area contributed by atoms with E-state index in [1.54, 1.807) is 11.8 Å². The minimum atomic E-state index is -0.769. The maximum atomic E-state index is 11.6. The summed E-state index contributed by atoms with van der Waals surface area (Å²) < 4.78 is 0. The Bertz CT molecular complexity index is 203. The molecule has 1 aliphatic heterocycles.